The van der Waals surface area contributed by atoms with Crippen molar-refractivity contribution in [1.82, 2.24) is 10.2 Å². The zero-order chi connectivity index (χ0) is 22.8. The average Bonchev–Trinajstić information content (AvgIpc) is 2.93. The van der Waals surface area contributed by atoms with Gasteiger partial charge in [0, 0.05) is 18.3 Å². The van der Waals surface area contributed by atoms with Crippen molar-refractivity contribution in [3.05, 3.63) is 53.6 Å². The van der Waals surface area contributed by atoms with Gasteiger partial charge in [-0.3, -0.25) is 19.3 Å². The molecule has 9 heteroatoms. The predicted molar refractivity (Wildman–Crippen MR) is 115 cm³/mol. The van der Waals surface area contributed by atoms with Crippen LogP contribution in [0.25, 0.3) is 0 Å². The molecule has 1 unspecified atom stereocenters. The molecule has 2 aromatic carbocycles. The first-order valence-electron chi connectivity index (χ1n) is 9.61. The molecule has 1 heterocycles. The third-order valence-electron chi connectivity index (χ3n) is 5.04. The van der Waals surface area contributed by atoms with Crippen LogP contribution in [-0.4, -0.2) is 42.3 Å². The summed E-state index contributed by atoms with van der Waals surface area (Å²) >= 11 is 0. The van der Waals surface area contributed by atoms with E-state index >= 15 is 0 Å². The van der Waals surface area contributed by atoms with Crippen LogP contribution in [-0.2, 0) is 19.9 Å². The minimum atomic E-state index is -1.28. The molecule has 162 valence electrons. The molecule has 1 aliphatic heterocycles. The fourth-order valence-corrected chi connectivity index (χ4v) is 3.41. The van der Waals surface area contributed by atoms with Crippen molar-refractivity contribution < 1.29 is 23.9 Å². The van der Waals surface area contributed by atoms with Crippen molar-refractivity contribution in [2.24, 2.45) is 0 Å². The highest BCUT2D eigenvalue weighted by atomic mass is 16.5. The summed E-state index contributed by atoms with van der Waals surface area (Å²) in [7, 11) is 1.56. The Labute approximate surface area is 179 Å². The number of anilines is 2. The van der Waals surface area contributed by atoms with E-state index in [-0.39, 0.29) is 5.91 Å². The van der Waals surface area contributed by atoms with Gasteiger partial charge in [0.05, 0.1) is 7.11 Å². The van der Waals surface area contributed by atoms with Crippen LogP contribution >= 0.6 is 0 Å². The first-order chi connectivity index (χ1) is 14.6. The summed E-state index contributed by atoms with van der Waals surface area (Å²) in [6.45, 7) is 4.42. The Bertz CT molecular complexity index is 1050. The Balaban J connectivity index is 1.70. The van der Waals surface area contributed by atoms with Crippen molar-refractivity contribution >= 4 is 35.1 Å². The van der Waals surface area contributed by atoms with E-state index < -0.39 is 29.9 Å². The fourth-order valence-electron chi connectivity index (χ4n) is 3.41. The topological polar surface area (TPSA) is 117 Å². The van der Waals surface area contributed by atoms with Gasteiger partial charge in [0.2, 0.25) is 11.8 Å². The minimum absolute atomic E-state index is 0.203. The van der Waals surface area contributed by atoms with E-state index in [0.717, 1.165) is 10.5 Å². The van der Waals surface area contributed by atoms with Gasteiger partial charge in [-0.05, 0) is 61.4 Å². The van der Waals surface area contributed by atoms with Crippen molar-refractivity contribution in [1.29, 1.82) is 0 Å². The molecule has 0 saturated carbocycles. The molecular weight excluding hydrogens is 400 g/mol. The lowest BCUT2D eigenvalue weighted by Gasteiger charge is -2.23. The van der Waals surface area contributed by atoms with Crippen LogP contribution in [0.3, 0.4) is 0 Å². The van der Waals surface area contributed by atoms with Crippen LogP contribution in [0.1, 0.15) is 25.0 Å². The second-order valence-corrected chi connectivity index (χ2v) is 7.44. The molecule has 9 nitrogen and oxygen atoms in total. The van der Waals surface area contributed by atoms with Crippen LogP contribution in [0.4, 0.5) is 16.2 Å². The summed E-state index contributed by atoms with van der Waals surface area (Å²) in [5.41, 5.74) is 1.20. The van der Waals surface area contributed by atoms with Gasteiger partial charge in [-0.1, -0.05) is 6.07 Å². The maximum Gasteiger partial charge on any atom is 0.325 e. The van der Waals surface area contributed by atoms with Crippen molar-refractivity contribution in [2.45, 2.75) is 26.3 Å². The number of benzene rings is 2. The van der Waals surface area contributed by atoms with E-state index in [4.69, 9.17) is 4.74 Å². The lowest BCUT2D eigenvalue weighted by atomic mass is 9.90. The average molecular weight is 424 g/mol. The quantitative estimate of drug-likeness (QED) is 0.616. The number of nitrogens with zero attached hydrogens (tertiary/aromatic N) is 1. The molecule has 1 atom stereocenters. The summed E-state index contributed by atoms with van der Waals surface area (Å²) in [6.07, 6.45) is 0. The molecule has 0 aromatic heterocycles. The highest BCUT2D eigenvalue weighted by Gasteiger charge is 2.49. The molecule has 3 N–H and O–H groups in total. The highest BCUT2D eigenvalue weighted by molar-refractivity contribution is 6.10. The molecule has 1 aliphatic rings. The molecule has 0 bridgehead atoms. The van der Waals surface area contributed by atoms with Gasteiger partial charge in [0.25, 0.3) is 5.91 Å². The number of carbonyl (C=O) groups is 4. The minimum Gasteiger partial charge on any atom is -0.496 e. The Hall–Kier alpha value is -3.88. The molecule has 1 saturated heterocycles. The van der Waals surface area contributed by atoms with Crippen molar-refractivity contribution in [2.75, 3.05) is 24.3 Å². The summed E-state index contributed by atoms with van der Waals surface area (Å²) in [6, 6.07) is 11.1. The number of aryl methyl sites for hydroxylation is 1. The molecule has 0 spiro atoms. The van der Waals surface area contributed by atoms with Crippen LogP contribution in [0.5, 0.6) is 5.75 Å². The Morgan fingerprint density at radius 1 is 1.06 bits per heavy atom. The normalized spacial score (nSPS) is 17.9. The Morgan fingerprint density at radius 2 is 1.68 bits per heavy atom. The van der Waals surface area contributed by atoms with Gasteiger partial charge < -0.3 is 20.7 Å². The molecule has 0 aliphatic carbocycles. The van der Waals surface area contributed by atoms with Gasteiger partial charge in [0.15, 0.2) is 0 Å². The first kappa shape index (κ1) is 21.8. The number of nitrogens with one attached hydrogen (secondary N) is 3. The van der Waals surface area contributed by atoms with E-state index in [9.17, 15) is 19.2 Å². The smallest absolute Gasteiger partial charge is 0.325 e. The molecule has 0 radical (unpaired) electrons. The number of amides is 5. The number of rotatable bonds is 6. The van der Waals surface area contributed by atoms with E-state index in [2.05, 4.69) is 16.0 Å². The SMILES string of the molecule is COc1ccc(C2(C)NC(=O)N(CC(=O)Nc3ccc(NC(C)=O)cc3)C2=O)cc1C. The molecule has 1 fully saturated rings. The molecule has 3 rings (SSSR count). The van der Waals surface area contributed by atoms with Gasteiger partial charge >= 0.3 is 6.03 Å². The number of hydrogen-bond acceptors (Lipinski definition) is 5. The summed E-state index contributed by atoms with van der Waals surface area (Å²) in [5.74, 6) is -0.570. The zero-order valence-corrected chi connectivity index (χ0v) is 17.7. The zero-order valence-electron chi connectivity index (χ0n) is 17.7. The largest absolute Gasteiger partial charge is 0.496 e. The van der Waals surface area contributed by atoms with E-state index in [0.29, 0.717) is 22.7 Å². The Kier molecular flexibility index (Phi) is 5.96. The monoisotopic (exact) mass is 424 g/mol. The Morgan fingerprint density at radius 3 is 2.23 bits per heavy atom. The van der Waals surface area contributed by atoms with Crippen molar-refractivity contribution in [3.8, 4) is 5.75 Å². The third kappa shape index (κ3) is 4.50. The number of carbonyl (C=O) groups excluding carboxylic acids is 4. The van der Waals surface area contributed by atoms with Gasteiger partial charge in [-0.2, -0.15) is 0 Å². The predicted octanol–water partition coefficient (Wildman–Crippen LogP) is 2.37. The summed E-state index contributed by atoms with van der Waals surface area (Å²) < 4.78 is 5.24. The highest BCUT2D eigenvalue weighted by Crippen LogP contribution is 2.31. The maximum absolute atomic E-state index is 13.0. The number of hydrogen-bond donors (Lipinski definition) is 3. The number of methoxy groups -OCH3 is 1. The number of urea groups is 1. The van der Waals surface area contributed by atoms with Crippen LogP contribution < -0.4 is 20.7 Å². The van der Waals surface area contributed by atoms with Crippen molar-refractivity contribution in [3.63, 3.8) is 0 Å². The molecule has 31 heavy (non-hydrogen) atoms. The third-order valence-corrected chi connectivity index (χ3v) is 5.04. The fraction of sp³-hybridized carbons (Fsp3) is 0.273. The summed E-state index contributed by atoms with van der Waals surface area (Å²) in [4.78, 5) is 49.9. The van der Waals surface area contributed by atoms with E-state index in [1.165, 1.54) is 6.92 Å². The lowest BCUT2D eigenvalue weighted by molar-refractivity contribution is -0.133. The maximum atomic E-state index is 13.0. The standard InChI is InChI=1S/C22H24N4O5/c1-13-11-15(5-10-18(13)31-4)22(3)20(29)26(21(30)25-22)12-19(28)24-17-8-6-16(7-9-17)23-14(2)27/h5-11H,12H2,1-4H3,(H,23,27)(H,24,28)(H,25,30). The first-order valence-corrected chi connectivity index (χ1v) is 9.61. The molecule has 2 aromatic rings. The lowest BCUT2D eigenvalue weighted by Crippen LogP contribution is -2.42. The number of ether oxygens (including phenoxy) is 1. The van der Waals surface area contributed by atoms with E-state index in [1.54, 1.807) is 56.5 Å². The van der Waals surface area contributed by atoms with Gasteiger partial charge in [-0.25, -0.2) is 4.79 Å². The summed E-state index contributed by atoms with van der Waals surface area (Å²) in [5, 5.41) is 7.95. The molecular formula is C22H24N4O5. The van der Waals surface area contributed by atoms with E-state index in [1.807, 2.05) is 6.92 Å². The van der Waals surface area contributed by atoms with Crippen LogP contribution in [0, 0.1) is 6.92 Å². The number of imide groups is 1. The second-order valence-electron chi connectivity index (χ2n) is 7.44. The second kappa shape index (κ2) is 8.47. The van der Waals surface area contributed by atoms with Crippen LogP contribution in [0.2, 0.25) is 0 Å². The van der Waals surface area contributed by atoms with Gasteiger partial charge in [0.1, 0.15) is 17.8 Å². The van der Waals surface area contributed by atoms with Gasteiger partial charge in [-0.15, -0.1) is 0 Å². The van der Waals surface area contributed by atoms with Crippen LogP contribution in [0.15, 0.2) is 42.5 Å². The molecule has 5 amide bonds.